The predicted octanol–water partition coefficient (Wildman–Crippen LogP) is 3.91. The van der Waals surface area contributed by atoms with Crippen molar-refractivity contribution < 1.29 is 0 Å². The van der Waals surface area contributed by atoms with Crippen LogP contribution in [0, 0.1) is 5.53 Å². The van der Waals surface area contributed by atoms with Gasteiger partial charge in [-0.15, -0.1) is 0 Å². The summed E-state index contributed by atoms with van der Waals surface area (Å²) in [6, 6.07) is 0.350. The Bertz CT molecular complexity index is 113. The number of nitrogens with one attached hydrogen (secondary N) is 1. The van der Waals surface area contributed by atoms with Gasteiger partial charge < -0.3 is 0 Å². The van der Waals surface area contributed by atoms with Crippen LogP contribution in [0.2, 0.25) is 0 Å². The Kier molecular flexibility index (Phi) is 4.97. The van der Waals surface area contributed by atoms with Crippen LogP contribution in [0.5, 0.6) is 0 Å². The average molecular weight is 168 g/mol. The Morgan fingerprint density at radius 1 is 0.750 bits per heavy atom. The molecule has 0 atom stereocenters. The second-order valence-electron chi connectivity index (χ2n) is 3.84. The van der Waals surface area contributed by atoms with Gasteiger partial charge in [0, 0.05) is 0 Å². The van der Waals surface area contributed by atoms with Crippen molar-refractivity contribution in [3.63, 3.8) is 0 Å². The summed E-state index contributed by atoms with van der Waals surface area (Å²) < 4.78 is 0. The maximum absolute atomic E-state index is 7.02. The Morgan fingerprint density at radius 2 is 1.17 bits per heavy atom. The van der Waals surface area contributed by atoms with Crippen LogP contribution in [0.3, 0.4) is 0 Å². The van der Waals surface area contributed by atoms with Crippen LogP contribution in [0.4, 0.5) is 0 Å². The first-order chi connectivity index (χ1) is 5.93. The molecule has 1 rings (SSSR count). The van der Waals surface area contributed by atoms with Crippen molar-refractivity contribution >= 4 is 0 Å². The minimum absolute atomic E-state index is 0.350. The molecule has 1 saturated carbocycles. The molecule has 1 aliphatic rings. The van der Waals surface area contributed by atoms with Crippen LogP contribution in [0.1, 0.15) is 57.8 Å². The van der Waals surface area contributed by atoms with E-state index in [4.69, 9.17) is 5.53 Å². The second-order valence-corrected chi connectivity index (χ2v) is 3.84. The Labute approximate surface area is 75.3 Å². The first-order valence-corrected chi connectivity index (χ1v) is 5.30. The fourth-order valence-corrected chi connectivity index (χ4v) is 1.92. The molecular formula is C10H20N2. The molecule has 0 unspecified atom stereocenters. The molecular weight excluding hydrogens is 148 g/mol. The zero-order valence-electron chi connectivity index (χ0n) is 7.89. The molecule has 0 aromatic carbocycles. The van der Waals surface area contributed by atoms with Gasteiger partial charge in [-0.25, -0.2) is 5.53 Å². The minimum Gasteiger partial charge on any atom is -0.210 e. The zero-order chi connectivity index (χ0) is 8.65. The monoisotopic (exact) mass is 168 g/mol. The van der Waals surface area contributed by atoms with Crippen molar-refractivity contribution in [3.8, 4) is 0 Å². The van der Waals surface area contributed by atoms with Crippen molar-refractivity contribution in [1.82, 2.24) is 0 Å². The average Bonchev–Trinajstić information content (AvgIpc) is 2.14. The molecule has 0 heterocycles. The number of nitrogens with zero attached hydrogens (tertiary/aromatic N) is 1. The molecule has 2 nitrogen and oxygen atoms in total. The van der Waals surface area contributed by atoms with Crippen LogP contribution in [0.25, 0.3) is 0 Å². The van der Waals surface area contributed by atoms with Crippen LogP contribution in [-0.2, 0) is 0 Å². The van der Waals surface area contributed by atoms with Crippen molar-refractivity contribution in [3.05, 3.63) is 0 Å². The molecule has 0 spiro atoms. The molecule has 0 aromatic rings. The van der Waals surface area contributed by atoms with E-state index in [0.717, 1.165) is 12.8 Å². The SMILES string of the molecule is N=NC1CCCCCCCCC1. The van der Waals surface area contributed by atoms with E-state index in [-0.39, 0.29) is 0 Å². The normalized spacial score (nSPS) is 23.3. The summed E-state index contributed by atoms with van der Waals surface area (Å²) in [6.45, 7) is 0. The molecule has 0 aromatic heterocycles. The molecule has 0 amide bonds. The van der Waals surface area contributed by atoms with E-state index in [2.05, 4.69) is 5.11 Å². The molecule has 2 heteroatoms. The van der Waals surface area contributed by atoms with Gasteiger partial charge in [-0.1, -0.05) is 44.9 Å². The first-order valence-electron chi connectivity index (χ1n) is 5.30. The van der Waals surface area contributed by atoms with Crippen LogP contribution in [-0.4, -0.2) is 6.04 Å². The van der Waals surface area contributed by atoms with Gasteiger partial charge in [-0.3, -0.25) is 0 Å². The fraction of sp³-hybridized carbons (Fsp3) is 1.00. The predicted molar refractivity (Wildman–Crippen MR) is 50.5 cm³/mol. The highest BCUT2D eigenvalue weighted by Gasteiger charge is 2.07. The third-order valence-corrected chi connectivity index (χ3v) is 2.76. The van der Waals surface area contributed by atoms with Gasteiger partial charge in [0.2, 0.25) is 0 Å². The lowest BCUT2D eigenvalue weighted by atomic mass is 9.98. The molecule has 0 aliphatic heterocycles. The van der Waals surface area contributed by atoms with Crippen molar-refractivity contribution in [1.29, 1.82) is 5.53 Å². The second kappa shape index (κ2) is 6.15. The summed E-state index contributed by atoms with van der Waals surface area (Å²) in [4.78, 5) is 0. The summed E-state index contributed by atoms with van der Waals surface area (Å²) in [7, 11) is 0. The quantitative estimate of drug-likeness (QED) is 0.576. The van der Waals surface area contributed by atoms with E-state index < -0.39 is 0 Å². The van der Waals surface area contributed by atoms with E-state index >= 15 is 0 Å². The lowest BCUT2D eigenvalue weighted by molar-refractivity contribution is 0.448. The largest absolute Gasteiger partial charge is 0.210 e. The van der Waals surface area contributed by atoms with E-state index in [1.807, 2.05) is 0 Å². The standard InChI is InChI=1S/C10H20N2/c11-12-10-8-6-4-2-1-3-5-7-9-10/h10-11H,1-9H2. The van der Waals surface area contributed by atoms with Gasteiger partial charge in [0.25, 0.3) is 0 Å². The van der Waals surface area contributed by atoms with Crippen LogP contribution < -0.4 is 0 Å². The van der Waals surface area contributed by atoms with Crippen LogP contribution in [0.15, 0.2) is 5.11 Å². The summed E-state index contributed by atoms with van der Waals surface area (Å²) in [6.07, 6.45) is 11.8. The highest BCUT2D eigenvalue weighted by molar-refractivity contribution is 4.65. The van der Waals surface area contributed by atoms with Gasteiger partial charge in [0.1, 0.15) is 0 Å². The number of hydrogen-bond acceptors (Lipinski definition) is 2. The maximum Gasteiger partial charge on any atom is 0.0705 e. The van der Waals surface area contributed by atoms with E-state index in [1.54, 1.807) is 0 Å². The summed E-state index contributed by atoms with van der Waals surface area (Å²) >= 11 is 0. The number of hydrogen-bond donors (Lipinski definition) is 1. The maximum atomic E-state index is 7.02. The molecule has 1 N–H and O–H groups in total. The topological polar surface area (TPSA) is 36.2 Å². The molecule has 0 saturated heterocycles. The molecule has 70 valence electrons. The molecule has 1 aliphatic carbocycles. The minimum atomic E-state index is 0.350. The van der Waals surface area contributed by atoms with Gasteiger partial charge in [0.15, 0.2) is 0 Å². The Hall–Kier alpha value is -0.400. The lowest BCUT2D eigenvalue weighted by Gasteiger charge is -2.12. The highest BCUT2D eigenvalue weighted by atomic mass is 15.0. The Morgan fingerprint density at radius 3 is 1.58 bits per heavy atom. The van der Waals surface area contributed by atoms with E-state index in [9.17, 15) is 0 Å². The highest BCUT2D eigenvalue weighted by Crippen LogP contribution is 2.18. The zero-order valence-corrected chi connectivity index (χ0v) is 7.89. The third-order valence-electron chi connectivity index (χ3n) is 2.76. The van der Waals surface area contributed by atoms with Gasteiger partial charge in [0.05, 0.1) is 6.04 Å². The van der Waals surface area contributed by atoms with Crippen molar-refractivity contribution in [2.45, 2.75) is 63.8 Å². The Balaban J connectivity index is 2.21. The van der Waals surface area contributed by atoms with Crippen molar-refractivity contribution in [2.75, 3.05) is 0 Å². The summed E-state index contributed by atoms with van der Waals surface area (Å²) in [5.74, 6) is 0. The van der Waals surface area contributed by atoms with Crippen LogP contribution >= 0.6 is 0 Å². The van der Waals surface area contributed by atoms with E-state index in [0.29, 0.717) is 6.04 Å². The van der Waals surface area contributed by atoms with Gasteiger partial charge in [-0.05, 0) is 12.8 Å². The van der Waals surface area contributed by atoms with Crippen molar-refractivity contribution in [2.24, 2.45) is 5.11 Å². The van der Waals surface area contributed by atoms with E-state index in [1.165, 1.54) is 44.9 Å². The molecule has 1 fully saturated rings. The van der Waals surface area contributed by atoms with Gasteiger partial charge in [-0.2, -0.15) is 5.11 Å². The third kappa shape index (κ3) is 3.84. The smallest absolute Gasteiger partial charge is 0.0705 e. The summed E-state index contributed by atoms with van der Waals surface area (Å²) in [5, 5.41) is 3.67. The summed E-state index contributed by atoms with van der Waals surface area (Å²) in [5.41, 5.74) is 7.02. The number of rotatable bonds is 1. The fourth-order valence-electron chi connectivity index (χ4n) is 1.92. The van der Waals surface area contributed by atoms with Gasteiger partial charge >= 0.3 is 0 Å². The molecule has 0 radical (unpaired) electrons. The lowest BCUT2D eigenvalue weighted by Crippen LogP contribution is -2.04. The molecule has 12 heavy (non-hydrogen) atoms. The molecule has 0 bridgehead atoms. The first kappa shape index (κ1) is 9.69.